The van der Waals surface area contributed by atoms with E-state index in [0.29, 0.717) is 22.4 Å². The van der Waals surface area contributed by atoms with Gasteiger partial charge in [-0.2, -0.15) is 0 Å². The van der Waals surface area contributed by atoms with Crippen molar-refractivity contribution in [1.82, 2.24) is 0 Å². The first-order valence-electron chi connectivity index (χ1n) is 14.5. The van der Waals surface area contributed by atoms with Crippen molar-refractivity contribution in [2.24, 2.45) is 4.99 Å². The number of aryl methyl sites for hydroxylation is 2. The van der Waals surface area contributed by atoms with Crippen molar-refractivity contribution in [3.8, 4) is 11.1 Å². The third kappa shape index (κ3) is 5.69. The molecule has 0 N–H and O–H groups in total. The molecule has 41 heavy (non-hydrogen) atoms. The molecule has 208 valence electrons. The van der Waals surface area contributed by atoms with Gasteiger partial charge in [0.15, 0.2) is 5.78 Å². The number of halogens is 1. The Balaban J connectivity index is 1.53. The van der Waals surface area contributed by atoms with E-state index in [4.69, 9.17) is 0 Å². The van der Waals surface area contributed by atoms with Crippen LogP contribution in [0.25, 0.3) is 11.1 Å². The summed E-state index contributed by atoms with van der Waals surface area (Å²) >= 11 is 0. The third-order valence-electron chi connectivity index (χ3n) is 8.21. The Morgan fingerprint density at radius 3 is 2.05 bits per heavy atom. The van der Waals surface area contributed by atoms with E-state index in [2.05, 4.69) is 11.9 Å². The molecule has 0 amide bonds. The molecule has 0 aliphatic heterocycles. The Bertz CT molecular complexity index is 1650. The molecule has 3 nitrogen and oxygen atoms in total. The summed E-state index contributed by atoms with van der Waals surface area (Å²) in [5, 5.41) is 0. The Hall–Kier alpha value is -4.18. The van der Waals surface area contributed by atoms with Crippen LogP contribution < -0.4 is 0 Å². The lowest BCUT2D eigenvalue weighted by Crippen LogP contribution is -2.17. The van der Waals surface area contributed by atoms with Crippen LogP contribution in [0.3, 0.4) is 0 Å². The second-order valence-electron chi connectivity index (χ2n) is 11.1. The number of nitrogens with zero attached hydrogens (tertiary/aromatic N) is 1. The lowest BCUT2D eigenvalue weighted by molar-refractivity contribution is 0.103. The predicted molar refractivity (Wildman–Crippen MR) is 165 cm³/mol. The van der Waals surface area contributed by atoms with Gasteiger partial charge in [-0.15, -0.1) is 0 Å². The molecule has 0 fully saturated rings. The summed E-state index contributed by atoms with van der Waals surface area (Å²) < 4.78 is 13.5. The number of benzene rings is 4. The number of hydrogen-bond acceptors (Lipinski definition) is 3. The monoisotopic (exact) mass is 545 g/mol. The minimum Gasteiger partial charge on any atom is -0.289 e. The summed E-state index contributed by atoms with van der Waals surface area (Å²) in [7, 11) is 1.68. The molecule has 1 aliphatic carbocycles. The third-order valence-corrected chi connectivity index (χ3v) is 8.21. The fourth-order valence-corrected chi connectivity index (χ4v) is 5.97. The zero-order valence-electron chi connectivity index (χ0n) is 24.3. The molecule has 0 radical (unpaired) electrons. The van der Waals surface area contributed by atoms with Gasteiger partial charge in [-0.1, -0.05) is 74.6 Å². The van der Waals surface area contributed by atoms with Crippen molar-refractivity contribution in [3.05, 3.63) is 129 Å². The second kappa shape index (κ2) is 12.1. The molecule has 1 unspecified atom stereocenters. The molecule has 0 aromatic heterocycles. The molecule has 4 heteroatoms. The number of fused-ring (bicyclic) bond motifs is 3. The summed E-state index contributed by atoms with van der Waals surface area (Å²) in [5.41, 5.74) is 9.58. The Morgan fingerprint density at radius 2 is 1.39 bits per heavy atom. The Kier molecular flexibility index (Phi) is 8.39. The minimum atomic E-state index is -0.364. The highest BCUT2D eigenvalue weighted by Crippen LogP contribution is 2.48. The summed E-state index contributed by atoms with van der Waals surface area (Å²) in [4.78, 5) is 31.6. The normalized spacial score (nSPS) is 14.1. The number of ketones is 2. The van der Waals surface area contributed by atoms with Crippen LogP contribution >= 0.6 is 0 Å². The smallest absolute Gasteiger partial charge is 0.211 e. The highest BCUT2D eigenvalue weighted by atomic mass is 19.1. The van der Waals surface area contributed by atoms with Gasteiger partial charge in [-0.05, 0) is 90.6 Å². The number of aliphatic imine (C=N–C) groups is 1. The average molecular weight is 546 g/mol. The number of carbonyl (C=O) groups excluding carboxylic acids is 2. The van der Waals surface area contributed by atoms with E-state index in [-0.39, 0.29) is 23.3 Å². The predicted octanol–water partition coefficient (Wildman–Crippen LogP) is 9.06. The van der Waals surface area contributed by atoms with Gasteiger partial charge in [0.2, 0.25) is 5.78 Å². The molecule has 4 aromatic carbocycles. The van der Waals surface area contributed by atoms with Crippen LogP contribution in [0.1, 0.15) is 99.0 Å². The summed E-state index contributed by atoms with van der Waals surface area (Å²) in [6.45, 7) is 6.23. The topological polar surface area (TPSA) is 46.5 Å². The van der Waals surface area contributed by atoms with E-state index >= 15 is 0 Å². The number of hydrogen-bond donors (Lipinski definition) is 0. The zero-order valence-corrected chi connectivity index (χ0v) is 24.3. The second-order valence-corrected chi connectivity index (χ2v) is 11.1. The number of Topliss-reactive ketones (excluding diaryl/α,β-unsaturated/α-hetero) is 1. The molecular weight excluding hydrogens is 509 g/mol. The summed E-state index contributed by atoms with van der Waals surface area (Å²) in [5.74, 6) is -0.482. The summed E-state index contributed by atoms with van der Waals surface area (Å²) in [6.07, 6.45) is 5.49. The van der Waals surface area contributed by atoms with Crippen molar-refractivity contribution in [1.29, 1.82) is 0 Å². The Labute approximate surface area is 242 Å². The SMILES string of the molecule is CCCCCCC1c2cc(C(=O)C(=NC)c3cc(C)ccc3C)ccc2-c2ccc(C(=O)c3ccc(F)cc3)cc21. The highest BCUT2D eigenvalue weighted by Gasteiger charge is 2.31. The van der Waals surface area contributed by atoms with E-state index < -0.39 is 0 Å². The van der Waals surface area contributed by atoms with Gasteiger partial charge >= 0.3 is 0 Å². The van der Waals surface area contributed by atoms with Crippen molar-refractivity contribution in [2.75, 3.05) is 7.05 Å². The van der Waals surface area contributed by atoms with Crippen LogP contribution in [0.2, 0.25) is 0 Å². The lowest BCUT2D eigenvalue weighted by Gasteiger charge is -2.16. The van der Waals surface area contributed by atoms with Crippen LogP contribution in [0.5, 0.6) is 0 Å². The number of rotatable bonds is 10. The van der Waals surface area contributed by atoms with Crippen LogP contribution in [0, 0.1) is 19.7 Å². The first-order chi connectivity index (χ1) is 19.8. The van der Waals surface area contributed by atoms with Crippen LogP contribution in [-0.2, 0) is 0 Å². The highest BCUT2D eigenvalue weighted by molar-refractivity contribution is 6.51. The van der Waals surface area contributed by atoms with E-state index in [9.17, 15) is 14.0 Å². The molecule has 0 saturated heterocycles. The van der Waals surface area contributed by atoms with Gasteiger partial charge in [-0.25, -0.2) is 4.39 Å². The van der Waals surface area contributed by atoms with E-state index in [1.807, 2.05) is 68.4 Å². The largest absolute Gasteiger partial charge is 0.289 e. The lowest BCUT2D eigenvalue weighted by atomic mass is 9.88. The first kappa shape index (κ1) is 28.4. The maximum Gasteiger partial charge on any atom is 0.211 e. The maximum absolute atomic E-state index is 13.8. The molecule has 1 atom stereocenters. The van der Waals surface area contributed by atoms with Gasteiger partial charge in [0.05, 0.1) is 0 Å². The fraction of sp³-hybridized carbons (Fsp3) is 0.270. The Morgan fingerprint density at radius 1 is 0.756 bits per heavy atom. The molecular formula is C37H36FNO2. The van der Waals surface area contributed by atoms with Gasteiger partial charge < -0.3 is 0 Å². The van der Waals surface area contributed by atoms with Crippen molar-refractivity contribution < 1.29 is 14.0 Å². The van der Waals surface area contributed by atoms with Crippen molar-refractivity contribution in [2.45, 2.75) is 58.8 Å². The van der Waals surface area contributed by atoms with E-state index in [1.165, 1.54) is 30.7 Å². The molecule has 4 aromatic rings. The summed E-state index contributed by atoms with van der Waals surface area (Å²) in [6, 6.07) is 23.7. The van der Waals surface area contributed by atoms with Gasteiger partial charge in [0.1, 0.15) is 11.5 Å². The van der Waals surface area contributed by atoms with E-state index in [1.54, 1.807) is 7.05 Å². The quantitative estimate of drug-likeness (QED) is 0.113. The first-order valence-corrected chi connectivity index (χ1v) is 14.5. The molecule has 0 bridgehead atoms. The van der Waals surface area contributed by atoms with Crippen LogP contribution in [-0.4, -0.2) is 24.3 Å². The molecule has 1 aliphatic rings. The van der Waals surface area contributed by atoms with Gasteiger partial charge in [-0.3, -0.25) is 14.6 Å². The van der Waals surface area contributed by atoms with Gasteiger partial charge in [0.25, 0.3) is 0 Å². The standard InChI is InChI=1S/C37H36FNO2/c1-5-6-7-8-9-29-33-21-26(36(40)25-12-16-28(38)17-13-25)14-18-30(33)31-19-15-27(22-34(29)31)37(41)35(39-4)32-20-23(2)10-11-24(32)3/h10-22,29H,5-9H2,1-4H3. The van der Waals surface area contributed by atoms with Crippen molar-refractivity contribution >= 4 is 17.3 Å². The van der Waals surface area contributed by atoms with Crippen molar-refractivity contribution in [3.63, 3.8) is 0 Å². The zero-order chi connectivity index (χ0) is 29.1. The van der Waals surface area contributed by atoms with Crippen LogP contribution in [0.4, 0.5) is 4.39 Å². The van der Waals surface area contributed by atoms with E-state index in [0.717, 1.165) is 64.6 Å². The fourth-order valence-electron chi connectivity index (χ4n) is 5.97. The molecule has 0 spiro atoms. The molecule has 0 heterocycles. The molecule has 5 rings (SSSR count). The molecule has 0 saturated carbocycles. The minimum absolute atomic E-state index is 0.0862. The maximum atomic E-state index is 13.8. The van der Waals surface area contributed by atoms with Crippen LogP contribution in [0.15, 0.2) is 83.9 Å². The number of unbranched alkanes of at least 4 members (excludes halogenated alkanes) is 3. The number of carbonyl (C=O) groups is 2. The average Bonchev–Trinajstić information content (AvgIpc) is 3.29. The van der Waals surface area contributed by atoms with Gasteiger partial charge in [0, 0.05) is 35.2 Å².